The molecule has 0 radical (unpaired) electrons. The molecule has 0 amide bonds. The van der Waals surface area contributed by atoms with E-state index in [0.717, 1.165) is 6.07 Å². The fourth-order valence-electron chi connectivity index (χ4n) is 1.49. The molecule has 5 heteroatoms. The van der Waals surface area contributed by atoms with Crippen LogP contribution in [0.2, 0.25) is 0 Å². The molecule has 0 bridgehead atoms. The quantitative estimate of drug-likeness (QED) is 0.673. The highest BCUT2D eigenvalue weighted by molar-refractivity contribution is 6.00. The Balaban J connectivity index is 2.35. The zero-order chi connectivity index (χ0) is 11.1. The Labute approximate surface area is 83.7 Å². The van der Waals surface area contributed by atoms with E-state index in [-0.39, 0.29) is 5.56 Å². The molecule has 0 unspecified atom stereocenters. The zero-order valence-corrected chi connectivity index (χ0v) is 7.60. The third-order valence-electron chi connectivity index (χ3n) is 2.21. The van der Waals surface area contributed by atoms with Crippen molar-refractivity contribution in [2.75, 3.05) is 6.61 Å². The van der Waals surface area contributed by atoms with Gasteiger partial charge in [0.15, 0.2) is 0 Å². The second kappa shape index (κ2) is 3.25. The van der Waals surface area contributed by atoms with E-state index in [2.05, 4.69) is 0 Å². The number of halogens is 3. The molecule has 0 saturated carbocycles. The van der Waals surface area contributed by atoms with Crippen LogP contribution in [-0.2, 0) is 6.42 Å². The molecular weight excluding hydrogens is 209 g/mol. The minimum Gasteiger partial charge on any atom is -0.493 e. The van der Waals surface area contributed by atoms with Gasteiger partial charge < -0.3 is 4.74 Å². The molecule has 0 saturated heterocycles. The standard InChI is InChI=1S/C10H7F3O2/c11-10(12,13)9(14)7-1-2-8-6(5-7)3-4-15-8/h1-2,5H,3-4H2. The number of alkyl halides is 3. The number of benzene rings is 1. The van der Waals surface area contributed by atoms with Crippen molar-refractivity contribution in [1.82, 2.24) is 0 Å². The second-order valence-corrected chi connectivity index (χ2v) is 3.25. The highest BCUT2D eigenvalue weighted by atomic mass is 19.4. The average molecular weight is 216 g/mol. The summed E-state index contributed by atoms with van der Waals surface area (Å²) in [6, 6.07) is 3.79. The summed E-state index contributed by atoms with van der Waals surface area (Å²) in [6.45, 7) is 0.457. The van der Waals surface area contributed by atoms with Crippen molar-refractivity contribution in [2.45, 2.75) is 12.6 Å². The van der Waals surface area contributed by atoms with Gasteiger partial charge in [-0.05, 0) is 23.8 Å². The van der Waals surface area contributed by atoms with E-state index in [1.54, 1.807) is 0 Å². The molecule has 0 aliphatic carbocycles. The number of rotatable bonds is 1. The number of hydrogen-bond acceptors (Lipinski definition) is 2. The van der Waals surface area contributed by atoms with Gasteiger partial charge in [0.2, 0.25) is 0 Å². The maximum Gasteiger partial charge on any atom is 0.454 e. The number of carbonyl (C=O) groups is 1. The largest absolute Gasteiger partial charge is 0.493 e. The van der Waals surface area contributed by atoms with Crippen molar-refractivity contribution in [1.29, 1.82) is 0 Å². The molecule has 1 heterocycles. The topological polar surface area (TPSA) is 26.3 Å². The van der Waals surface area contributed by atoms with Crippen LogP contribution in [0.4, 0.5) is 13.2 Å². The maximum atomic E-state index is 12.1. The van der Waals surface area contributed by atoms with Crippen LogP contribution in [0.5, 0.6) is 5.75 Å². The first-order valence-corrected chi connectivity index (χ1v) is 4.36. The monoisotopic (exact) mass is 216 g/mol. The highest BCUT2D eigenvalue weighted by Gasteiger charge is 2.39. The van der Waals surface area contributed by atoms with Gasteiger partial charge in [-0.3, -0.25) is 4.79 Å². The minimum atomic E-state index is -4.81. The van der Waals surface area contributed by atoms with Gasteiger partial charge in [0.05, 0.1) is 6.61 Å². The van der Waals surface area contributed by atoms with Crippen LogP contribution in [0.1, 0.15) is 15.9 Å². The molecule has 2 nitrogen and oxygen atoms in total. The third-order valence-corrected chi connectivity index (χ3v) is 2.21. The Morgan fingerprint density at radius 2 is 2.07 bits per heavy atom. The van der Waals surface area contributed by atoms with Crippen molar-refractivity contribution in [3.05, 3.63) is 29.3 Å². The Morgan fingerprint density at radius 3 is 2.73 bits per heavy atom. The lowest BCUT2D eigenvalue weighted by molar-refractivity contribution is -0.0885. The van der Waals surface area contributed by atoms with E-state index < -0.39 is 12.0 Å². The van der Waals surface area contributed by atoms with Gasteiger partial charge in [-0.25, -0.2) is 0 Å². The van der Waals surface area contributed by atoms with Crippen molar-refractivity contribution in [3.63, 3.8) is 0 Å². The van der Waals surface area contributed by atoms with Crippen molar-refractivity contribution in [3.8, 4) is 5.75 Å². The molecular formula is C10H7F3O2. The Kier molecular flexibility index (Phi) is 2.17. The van der Waals surface area contributed by atoms with Crippen molar-refractivity contribution >= 4 is 5.78 Å². The first kappa shape index (κ1) is 10.0. The van der Waals surface area contributed by atoms with Gasteiger partial charge in [-0.2, -0.15) is 13.2 Å². The van der Waals surface area contributed by atoms with Crippen molar-refractivity contribution < 1.29 is 22.7 Å². The molecule has 0 aromatic heterocycles. The Morgan fingerprint density at radius 1 is 1.33 bits per heavy atom. The van der Waals surface area contributed by atoms with Gasteiger partial charge in [0.25, 0.3) is 5.78 Å². The van der Waals surface area contributed by atoms with Crippen LogP contribution in [-0.4, -0.2) is 18.6 Å². The lowest BCUT2D eigenvalue weighted by Crippen LogP contribution is -2.22. The molecule has 1 aliphatic heterocycles. The zero-order valence-electron chi connectivity index (χ0n) is 7.60. The summed E-state index contributed by atoms with van der Waals surface area (Å²) in [5, 5.41) is 0. The Bertz CT molecular complexity index is 410. The number of ketones is 1. The van der Waals surface area contributed by atoms with Crippen LogP contribution >= 0.6 is 0 Å². The third kappa shape index (κ3) is 1.82. The fourth-order valence-corrected chi connectivity index (χ4v) is 1.49. The first-order chi connectivity index (χ1) is 6.98. The summed E-state index contributed by atoms with van der Waals surface area (Å²) < 4.78 is 41.4. The van der Waals surface area contributed by atoms with Crippen LogP contribution < -0.4 is 4.74 Å². The summed E-state index contributed by atoms with van der Waals surface area (Å²) >= 11 is 0. The Hall–Kier alpha value is -1.52. The molecule has 80 valence electrons. The molecule has 0 atom stereocenters. The number of fused-ring (bicyclic) bond motifs is 1. The van der Waals surface area contributed by atoms with Crippen LogP contribution in [0, 0.1) is 0 Å². The number of ether oxygens (including phenoxy) is 1. The molecule has 0 spiro atoms. The summed E-state index contributed by atoms with van der Waals surface area (Å²) in [5.41, 5.74) is 0.330. The van der Waals surface area contributed by atoms with E-state index in [0.29, 0.717) is 24.3 Å². The van der Waals surface area contributed by atoms with Crippen molar-refractivity contribution in [2.24, 2.45) is 0 Å². The molecule has 15 heavy (non-hydrogen) atoms. The normalized spacial score (nSPS) is 14.6. The van der Waals surface area contributed by atoms with Crippen LogP contribution in [0.3, 0.4) is 0 Å². The van der Waals surface area contributed by atoms with Gasteiger partial charge >= 0.3 is 6.18 Å². The van der Waals surface area contributed by atoms with Gasteiger partial charge in [0.1, 0.15) is 5.75 Å². The molecule has 0 N–H and O–H groups in total. The van der Waals surface area contributed by atoms with Crippen LogP contribution in [0.15, 0.2) is 18.2 Å². The number of hydrogen-bond donors (Lipinski definition) is 0. The van der Waals surface area contributed by atoms with Gasteiger partial charge in [-0.15, -0.1) is 0 Å². The number of Topliss-reactive ketones (excluding diaryl/α,β-unsaturated/α-hetero) is 1. The van der Waals surface area contributed by atoms with E-state index in [4.69, 9.17) is 4.74 Å². The smallest absolute Gasteiger partial charge is 0.454 e. The average Bonchev–Trinajstić information content (AvgIpc) is 2.61. The summed E-state index contributed by atoms with van der Waals surface area (Å²) in [5.74, 6) is -1.24. The van der Waals surface area contributed by atoms with E-state index in [9.17, 15) is 18.0 Å². The molecule has 1 aliphatic rings. The molecule has 1 aromatic rings. The lowest BCUT2D eigenvalue weighted by Gasteiger charge is -2.06. The summed E-state index contributed by atoms with van der Waals surface area (Å²) in [4.78, 5) is 10.9. The van der Waals surface area contributed by atoms with Crippen LogP contribution in [0.25, 0.3) is 0 Å². The predicted molar refractivity (Wildman–Crippen MR) is 46.0 cm³/mol. The minimum absolute atomic E-state index is 0.327. The summed E-state index contributed by atoms with van der Waals surface area (Å²) in [7, 11) is 0. The fraction of sp³-hybridized carbons (Fsp3) is 0.300. The molecule has 0 fully saturated rings. The number of carbonyl (C=O) groups excluding carboxylic acids is 1. The van der Waals surface area contributed by atoms with E-state index in [1.165, 1.54) is 12.1 Å². The molecule has 2 rings (SSSR count). The summed E-state index contributed by atoms with van der Waals surface area (Å²) in [6.07, 6.45) is -4.26. The maximum absolute atomic E-state index is 12.1. The molecule has 1 aromatic carbocycles. The first-order valence-electron chi connectivity index (χ1n) is 4.36. The highest BCUT2D eigenvalue weighted by Crippen LogP contribution is 2.28. The van der Waals surface area contributed by atoms with E-state index >= 15 is 0 Å². The van der Waals surface area contributed by atoms with E-state index in [1.807, 2.05) is 0 Å². The second-order valence-electron chi connectivity index (χ2n) is 3.25. The predicted octanol–water partition coefficient (Wildman–Crippen LogP) is 2.37. The lowest BCUT2D eigenvalue weighted by atomic mass is 10.1. The van der Waals surface area contributed by atoms with Gasteiger partial charge in [-0.1, -0.05) is 0 Å². The van der Waals surface area contributed by atoms with Gasteiger partial charge in [0, 0.05) is 12.0 Å². The SMILES string of the molecule is O=C(c1ccc2c(c1)CCO2)C(F)(F)F.